The third-order valence-electron chi connectivity index (χ3n) is 3.14. The maximum Gasteiger partial charge on any atom is 0.318 e. The first-order valence-electron chi connectivity index (χ1n) is 5.94. The number of fused-ring (bicyclic) bond motifs is 1. The molecule has 0 amide bonds. The Bertz CT molecular complexity index is 347. The van der Waals surface area contributed by atoms with Gasteiger partial charge >= 0.3 is 6.55 Å². The molecule has 1 unspecified atom stereocenters. The van der Waals surface area contributed by atoms with Gasteiger partial charge in [0.1, 0.15) is 0 Å². The Morgan fingerprint density at radius 2 is 2.31 bits per heavy atom. The number of aromatic nitrogens is 1. The molecule has 0 bridgehead atoms. The standard InChI is InChI=1S/C12H18F2N2/c1-2-6-15-11-5-3-4-9-7-16(12(13)14)8-10(9)11/h7-8,11-12,15H,2-6H2,1H3. The highest BCUT2D eigenvalue weighted by molar-refractivity contribution is 5.30. The summed E-state index contributed by atoms with van der Waals surface area (Å²) in [4.78, 5) is 0. The van der Waals surface area contributed by atoms with Crippen LogP contribution in [0.15, 0.2) is 12.4 Å². The van der Waals surface area contributed by atoms with E-state index in [-0.39, 0.29) is 6.04 Å². The summed E-state index contributed by atoms with van der Waals surface area (Å²) in [5.74, 6) is 0. The lowest BCUT2D eigenvalue weighted by Gasteiger charge is -2.23. The van der Waals surface area contributed by atoms with Gasteiger partial charge in [-0.1, -0.05) is 6.92 Å². The highest BCUT2D eigenvalue weighted by Gasteiger charge is 2.22. The molecule has 0 saturated heterocycles. The molecule has 1 N–H and O–H groups in total. The van der Waals surface area contributed by atoms with E-state index in [1.165, 1.54) is 0 Å². The molecule has 1 aliphatic rings. The molecule has 0 saturated carbocycles. The molecule has 0 aliphatic heterocycles. The summed E-state index contributed by atoms with van der Waals surface area (Å²) in [6.45, 7) is 0.641. The predicted octanol–water partition coefficient (Wildman–Crippen LogP) is 3.26. The lowest BCUT2D eigenvalue weighted by atomic mass is 9.91. The van der Waals surface area contributed by atoms with Crippen molar-refractivity contribution < 1.29 is 8.78 Å². The number of aryl methyl sites for hydroxylation is 1. The van der Waals surface area contributed by atoms with Crippen LogP contribution in [-0.2, 0) is 6.42 Å². The quantitative estimate of drug-likeness (QED) is 0.837. The number of nitrogens with zero attached hydrogens (tertiary/aromatic N) is 1. The van der Waals surface area contributed by atoms with Crippen LogP contribution in [0.5, 0.6) is 0 Å². The minimum Gasteiger partial charge on any atom is -0.310 e. The van der Waals surface area contributed by atoms with Crippen LogP contribution in [0.2, 0.25) is 0 Å². The monoisotopic (exact) mass is 228 g/mol. The highest BCUT2D eigenvalue weighted by atomic mass is 19.3. The van der Waals surface area contributed by atoms with Gasteiger partial charge in [-0.2, -0.15) is 8.78 Å². The van der Waals surface area contributed by atoms with Gasteiger partial charge in [0, 0.05) is 18.4 Å². The summed E-state index contributed by atoms with van der Waals surface area (Å²) < 4.78 is 26.2. The SMILES string of the molecule is CCCNC1CCCc2cn(C(F)F)cc21. The van der Waals surface area contributed by atoms with Crippen molar-refractivity contribution in [3.8, 4) is 0 Å². The van der Waals surface area contributed by atoms with Crippen LogP contribution in [0.1, 0.15) is 49.9 Å². The Balaban J connectivity index is 2.17. The number of hydrogen-bond donors (Lipinski definition) is 1. The van der Waals surface area contributed by atoms with Crippen LogP contribution in [0, 0.1) is 0 Å². The number of rotatable bonds is 4. The second kappa shape index (κ2) is 4.95. The maximum absolute atomic E-state index is 12.6. The fraction of sp³-hybridized carbons (Fsp3) is 0.667. The normalized spacial score (nSPS) is 20.1. The Labute approximate surface area is 94.6 Å². The maximum atomic E-state index is 12.6. The second-order valence-corrected chi connectivity index (χ2v) is 4.36. The van der Waals surface area contributed by atoms with Gasteiger partial charge in [-0.15, -0.1) is 0 Å². The number of hydrogen-bond acceptors (Lipinski definition) is 1. The number of halogens is 2. The minimum atomic E-state index is -2.42. The first-order chi connectivity index (χ1) is 7.72. The molecule has 1 atom stereocenters. The molecule has 0 spiro atoms. The molecule has 0 radical (unpaired) electrons. The van der Waals surface area contributed by atoms with Gasteiger partial charge < -0.3 is 5.32 Å². The third-order valence-corrected chi connectivity index (χ3v) is 3.14. The van der Waals surface area contributed by atoms with Crippen LogP contribution in [-0.4, -0.2) is 11.1 Å². The zero-order valence-corrected chi connectivity index (χ0v) is 9.55. The van der Waals surface area contributed by atoms with E-state index < -0.39 is 6.55 Å². The van der Waals surface area contributed by atoms with Crippen molar-refractivity contribution in [2.24, 2.45) is 0 Å². The molecule has 16 heavy (non-hydrogen) atoms. The first-order valence-corrected chi connectivity index (χ1v) is 5.94. The summed E-state index contributed by atoms with van der Waals surface area (Å²) in [7, 11) is 0. The van der Waals surface area contributed by atoms with E-state index in [0.717, 1.165) is 47.9 Å². The summed E-state index contributed by atoms with van der Waals surface area (Å²) in [5.41, 5.74) is 2.15. The van der Waals surface area contributed by atoms with E-state index >= 15 is 0 Å². The van der Waals surface area contributed by atoms with E-state index in [0.29, 0.717) is 0 Å². The zero-order chi connectivity index (χ0) is 11.5. The molecule has 90 valence electrons. The topological polar surface area (TPSA) is 17.0 Å². The van der Waals surface area contributed by atoms with E-state index in [4.69, 9.17) is 0 Å². The van der Waals surface area contributed by atoms with Crippen LogP contribution in [0.3, 0.4) is 0 Å². The van der Waals surface area contributed by atoms with E-state index in [9.17, 15) is 8.78 Å². The Morgan fingerprint density at radius 3 is 3.00 bits per heavy atom. The highest BCUT2D eigenvalue weighted by Crippen LogP contribution is 2.31. The van der Waals surface area contributed by atoms with Gasteiger partial charge in [0.15, 0.2) is 0 Å². The minimum absolute atomic E-state index is 0.267. The average Bonchev–Trinajstić information content (AvgIpc) is 2.70. The van der Waals surface area contributed by atoms with Crippen LogP contribution in [0.4, 0.5) is 8.78 Å². The lowest BCUT2D eigenvalue weighted by molar-refractivity contribution is 0.0704. The molecule has 2 rings (SSSR count). The van der Waals surface area contributed by atoms with Crippen LogP contribution < -0.4 is 5.32 Å². The molecule has 0 fully saturated rings. The van der Waals surface area contributed by atoms with E-state index in [1.807, 2.05) is 0 Å². The van der Waals surface area contributed by atoms with Crippen molar-refractivity contribution >= 4 is 0 Å². The molecule has 0 aromatic carbocycles. The van der Waals surface area contributed by atoms with Crippen LogP contribution >= 0.6 is 0 Å². The fourth-order valence-corrected chi connectivity index (χ4v) is 2.35. The summed E-state index contributed by atoms with van der Waals surface area (Å²) in [6, 6.07) is 0.267. The molecule has 1 aliphatic carbocycles. The third kappa shape index (κ3) is 2.26. The van der Waals surface area contributed by atoms with Crippen molar-refractivity contribution in [2.45, 2.75) is 45.2 Å². The fourth-order valence-electron chi connectivity index (χ4n) is 2.35. The second-order valence-electron chi connectivity index (χ2n) is 4.36. The molecular formula is C12H18F2N2. The van der Waals surface area contributed by atoms with E-state index in [1.54, 1.807) is 12.4 Å². The van der Waals surface area contributed by atoms with Gasteiger partial charge in [0.25, 0.3) is 0 Å². The first kappa shape index (κ1) is 11.6. The molecule has 1 aromatic heterocycles. The largest absolute Gasteiger partial charge is 0.318 e. The van der Waals surface area contributed by atoms with Gasteiger partial charge in [-0.25, -0.2) is 0 Å². The summed E-state index contributed by atoms with van der Waals surface area (Å²) in [6.07, 6.45) is 7.34. The predicted molar refractivity (Wildman–Crippen MR) is 59.7 cm³/mol. The Kier molecular flexibility index (Phi) is 3.59. The Hall–Kier alpha value is -0.900. The molecule has 1 heterocycles. The summed E-state index contributed by atoms with van der Waals surface area (Å²) in [5, 5.41) is 3.42. The van der Waals surface area contributed by atoms with Crippen molar-refractivity contribution in [1.82, 2.24) is 9.88 Å². The molecular weight excluding hydrogens is 210 g/mol. The average molecular weight is 228 g/mol. The van der Waals surface area contributed by atoms with Crippen molar-refractivity contribution in [3.63, 3.8) is 0 Å². The smallest absolute Gasteiger partial charge is 0.310 e. The van der Waals surface area contributed by atoms with Gasteiger partial charge in [0.2, 0.25) is 0 Å². The molecule has 2 nitrogen and oxygen atoms in total. The lowest BCUT2D eigenvalue weighted by Crippen LogP contribution is -2.24. The van der Waals surface area contributed by atoms with Gasteiger partial charge in [0.05, 0.1) is 0 Å². The van der Waals surface area contributed by atoms with Crippen molar-refractivity contribution in [2.75, 3.05) is 6.54 Å². The Morgan fingerprint density at radius 1 is 1.50 bits per heavy atom. The molecule has 1 aromatic rings. The zero-order valence-electron chi connectivity index (χ0n) is 9.55. The number of alkyl halides is 2. The number of nitrogens with one attached hydrogen (secondary N) is 1. The van der Waals surface area contributed by atoms with E-state index in [2.05, 4.69) is 12.2 Å². The van der Waals surface area contributed by atoms with Gasteiger partial charge in [-0.3, -0.25) is 4.57 Å². The van der Waals surface area contributed by atoms with Crippen molar-refractivity contribution in [1.29, 1.82) is 0 Å². The van der Waals surface area contributed by atoms with Gasteiger partial charge in [-0.05, 0) is 43.4 Å². The van der Waals surface area contributed by atoms with Crippen molar-refractivity contribution in [3.05, 3.63) is 23.5 Å². The summed E-state index contributed by atoms with van der Waals surface area (Å²) >= 11 is 0. The molecule has 4 heteroatoms. The van der Waals surface area contributed by atoms with Crippen LogP contribution in [0.25, 0.3) is 0 Å².